The molecule has 0 aliphatic carbocycles. The summed E-state index contributed by atoms with van der Waals surface area (Å²) in [5.41, 5.74) is -0.592. The number of rotatable bonds is 6. The molecule has 2 aromatic heterocycles. The molecule has 0 unspecified atom stereocenters. The first-order valence-electron chi connectivity index (χ1n) is 11.3. The maximum atomic E-state index is 14.8. The van der Waals surface area contributed by atoms with Crippen LogP contribution in [0.2, 0.25) is 10.0 Å². The second-order valence-corrected chi connectivity index (χ2v) is 9.68. The van der Waals surface area contributed by atoms with Crippen molar-refractivity contribution < 1.29 is 23.1 Å². The van der Waals surface area contributed by atoms with Crippen molar-refractivity contribution in [2.45, 2.75) is 39.2 Å². The first-order valence-corrected chi connectivity index (χ1v) is 12.1. The number of hydrogen-bond acceptors (Lipinski definition) is 5. The van der Waals surface area contributed by atoms with Gasteiger partial charge in [0.2, 0.25) is 5.92 Å². The second kappa shape index (κ2) is 10.3. The van der Waals surface area contributed by atoms with Gasteiger partial charge in [0.15, 0.2) is 5.75 Å². The molecular formula is C26H21Cl2F3N4O3. The number of anilines is 1. The van der Waals surface area contributed by atoms with Gasteiger partial charge in [-0.25, -0.2) is 18.2 Å². The van der Waals surface area contributed by atoms with Gasteiger partial charge >= 0.3 is 0 Å². The molecule has 38 heavy (non-hydrogen) atoms. The van der Waals surface area contributed by atoms with Crippen LogP contribution in [0.4, 0.5) is 18.9 Å². The van der Waals surface area contributed by atoms with Crippen LogP contribution < -0.4 is 10.9 Å². The smallest absolute Gasteiger partial charge is 0.264 e. The highest BCUT2D eigenvalue weighted by Gasteiger charge is 2.27. The Balaban J connectivity index is 1.85. The third-order valence-corrected chi connectivity index (χ3v) is 6.50. The van der Waals surface area contributed by atoms with E-state index >= 15 is 0 Å². The number of alkyl halides is 2. The molecule has 0 bridgehead atoms. The second-order valence-electron chi connectivity index (χ2n) is 8.87. The number of aryl methyl sites for hydroxylation is 1. The van der Waals surface area contributed by atoms with E-state index in [1.165, 1.54) is 48.0 Å². The molecule has 1 atom stereocenters. The van der Waals surface area contributed by atoms with Crippen LogP contribution in [0.1, 0.15) is 47.3 Å². The topological polar surface area (TPSA) is 97.1 Å². The van der Waals surface area contributed by atoms with E-state index in [1.54, 1.807) is 6.92 Å². The van der Waals surface area contributed by atoms with Crippen molar-refractivity contribution in [3.63, 3.8) is 0 Å². The summed E-state index contributed by atoms with van der Waals surface area (Å²) in [4.78, 5) is 35.2. The van der Waals surface area contributed by atoms with Gasteiger partial charge in [0.25, 0.3) is 11.5 Å². The van der Waals surface area contributed by atoms with Gasteiger partial charge in [-0.2, -0.15) is 0 Å². The fourth-order valence-corrected chi connectivity index (χ4v) is 4.75. The normalized spacial score (nSPS) is 12.5. The van der Waals surface area contributed by atoms with E-state index in [1.807, 2.05) is 0 Å². The zero-order valence-electron chi connectivity index (χ0n) is 20.3. The molecule has 12 heteroatoms. The van der Waals surface area contributed by atoms with Crippen LogP contribution in [0.15, 0.2) is 47.4 Å². The summed E-state index contributed by atoms with van der Waals surface area (Å²) in [7, 11) is 0. The van der Waals surface area contributed by atoms with Gasteiger partial charge in [-0.3, -0.25) is 19.1 Å². The van der Waals surface area contributed by atoms with Gasteiger partial charge in [-0.05, 0) is 56.7 Å². The molecule has 0 aliphatic rings. The van der Waals surface area contributed by atoms with Gasteiger partial charge < -0.3 is 10.4 Å². The molecule has 2 heterocycles. The third-order valence-electron chi connectivity index (χ3n) is 5.92. The van der Waals surface area contributed by atoms with E-state index in [0.717, 1.165) is 13.0 Å². The number of aromatic nitrogens is 3. The first kappa shape index (κ1) is 27.4. The predicted molar refractivity (Wildman–Crippen MR) is 139 cm³/mol. The molecule has 198 valence electrons. The number of fused-ring (bicyclic) bond motifs is 1. The molecule has 1 amide bonds. The summed E-state index contributed by atoms with van der Waals surface area (Å²) in [6, 6.07) is 6.79. The number of phenolic OH excluding ortho intramolecular Hbond substituents is 1. The minimum Gasteiger partial charge on any atom is -0.505 e. The lowest BCUT2D eigenvalue weighted by Crippen LogP contribution is -2.30. The largest absolute Gasteiger partial charge is 0.505 e. The van der Waals surface area contributed by atoms with Crippen LogP contribution in [0.5, 0.6) is 5.75 Å². The Morgan fingerprint density at radius 2 is 1.87 bits per heavy atom. The number of nitrogens with zero attached hydrogens (tertiary/aromatic N) is 3. The maximum absolute atomic E-state index is 14.8. The summed E-state index contributed by atoms with van der Waals surface area (Å²) in [5.74, 6) is -4.83. The van der Waals surface area contributed by atoms with Gasteiger partial charge in [-0.15, -0.1) is 0 Å². The maximum Gasteiger partial charge on any atom is 0.264 e. The van der Waals surface area contributed by atoms with Crippen molar-refractivity contribution in [1.29, 1.82) is 0 Å². The zero-order chi connectivity index (χ0) is 27.9. The third kappa shape index (κ3) is 5.32. The van der Waals surface area contributed by atoms with Crippen LogP contribution in [0.25, 0.3) is 10.9 Å². The molecule has 2 N–H and O–H groups in total. The predicted octanol–water partition coefficient (Wildman–Crippen LogP) is 6.31. The number of halogens is 5. The van der Waals surface area contributed by atoms with Gasteiger partial charge in [-0.1, -0.05) is 29.3 Å². The quantitative estimate of drug-likeness (QED) is 0.286. The van der Waals surface area contributed by atoms with Crippen LogP contribution in [-0.2, 0) is 6.42 Å². The Morgan fingerprint density at radius 1 is 1.21 bits per heavy atom. The van der Waals surface area contributed by atoms with Crippen molar-refractivity contribution in [2.24, 2.45) is 0 Å². The number of aromatic hydroxyl groups is 1. The molecule has 0 spiro atoms. The van der Waals surface area contributed by atoms with Crippen molar-refractivity contribution in [3.05, 3.63) is 91.5 Å². The Kier molecular flexibility index (Phi) is 7.40. The van der Waals surface area contributed by atoms with Crippen LogP contribution in [0, 0.1) is 12.7 Å². The molecule has 0 radical (unpaired) electrons. The van der Waals surface area contributed by atoms with Gasteiger partial charge in [0.1, 0.15) is 17.2 Å². The molecule has 0 saturated carbocycles. The van der Waals surface area contributed by atoms with Gasteiger partial charge in [0, 0.05) is 18.2 Å². The summed E-state index contributed by atoms with van der Waals surface area (Å²) in [5, 5.41) is 11.7. The van der Waals surface area contributed by atoms with E-state index in [9.17, 15) is 27.9 Å². The number of hydrogen-bond donors (Lipinski definition) is 2. The Morgan fingerprint density at radius 3 is 2.50 bits per heavy atom. The molecule has 7 nitrogen and oxygen atoms in total. The van der Waals surface area contributed by atoms with E-state index < -0.39 is 41.4 Å². The van der Waals surface area contributed by atoms with Crippen LogP contribution in [-0.4, -0.2) is 31.5 Å². The monoisotopic (exact) mass is 564 g/mol. The average Bonchev–Trinajstić information content (AvgIpc) is 2.83. The molecule has 4 rings (SSSR count). The number of amides is 1. The Labute approximate surface area is 224 Å². The molecule has 0 aliphatic heterocycles. The molecule has 4 aromatic rings. The standard InChI is InChI=1S/C26H21Cl2F3N4O3/c1-12(21-14(5-4-8-32-21)11-26(3,30)31)35-13(2)33-22-18(29)6-7-19(20(22)25(35)38)34-24(37)15-9-16(27)23(36)17(28)10-15/h4-10,12,36H,11H2,1-3H3,(H,34,37)/t12-/m1/s1. The van der Waals surface area contributed by atoms with E-state index in [2.05, 4.69) is 15.3 Å². The highest BCUT2D eigenvalue weighted by Crippen LogP contribution is 2.33. The number of pyridine rings is 1. The highest BCUT2D eigenvalue weighted by molar-refractivity contribution is 6.37. The van der Waals surface area contributed by atoms with Crippen molar-refractivity contribution in [3.8, 4) is 5.75 Å². The molecular weight excluding hydrogens is 544 g/mol. The minimum absolute atomic E-state index is 0.0253. The molecule has 2 aromatic carbocycles. The Bertz CT molecular complexity index is 1610. The van der Waals surface area contributed by atoms with Crippen LogP contribution in [0.3, 0.4) is 0 Å². The summed E-state index contributed by atoms with van der Waals surface area (Å²) in [6.07, 6.45) is 0.834. The van der Waals surface area contributed by atoms with Crippen molar-refractivity contribution in [1.82, 2.24) is 14.5 Å². The summed E-state index contributed by atoms with van der Waals surface area (Å²) in [6.45, 7) is 3.87. The van der Waals surface area contributed by atoms with Crippen molar-refractivity contribution >= 4 is 45.7 Å². The summed E-state index contributed by atoms with van der Waals surface area (Å²) < 4.78 is 43.6. The van der Waals surface area contributed by atoms with Crippen molar-refractivity contribution in [2.75, 3.05) is 5.32 Å². The lowest BCUT2D eigenvalue weighted by molar-refractivity contribution is 0.0222. The van der Waals surface area contributed by atoms with E-state index in [-0.39, 0.29) is 49.3 Å². The minimum atomic E-state index is -3.01. The lowest BCUT2D eigenvalue weighted by atomic mass is 10.0. The van der Waals surface area contributed by atoms with Gasteiger partial charge in [0.05, 0.1) is 32.9 Å². The number of carbonyl (C=O) groups is 1. The number of phenols is 1. The fourth-order valence-electron chi connectivity index (χ4n) is 4.26. The number of nitrogens with one attached hydrogen (secondary N) is 1. The average molecular weight is 565 g/mol. The Hall–Kier alpha value is -3.63. The highest BCUT2D eigenvalue weighted by atomic mass is 35.5. The van der Waals surface area contributed by atoms with E-state index in [4.69, 9.17) is 23.2 Å². The SMILES string of the molecule is Cc1nc2c(F)ccc(NC(=O)c3cc(Cl)c(O)c(Cl)c3)c2c(=O)n1[C@H](C)c1ncccc1CC(C)(F)F. The van der Waals surface area contributed by atoms with E-state index in [0.29, 0.717) is 0 Å². The number of benzene rings is 2. The lowest BCUT2D eigenvalue weighted by Gasteiger charge is -2.22. The number of carbonyl (C=O) groups excluding carboxylic acids is 1. The molecule has 0 saturated heterocycles. The zero-order valence-corrected chi connectivity index (χ0v) is 21.8. The fraction of sp³-hybridized carbons (Fsp3) is 0.231. The first-order chi connectivity index (χ1) is 17.8. The summed E-state index contributed by atoms with van der Waals surface area (Å²) >= 11 is 11.8. The molecule has 0 fully saturated rings. The van der Waals surface area contributed by atoms with Crippen LogP contribution >= 0.6 is 23.2 Å².